The first kappa shape index (κ1) is 18.9. The standard InChI is InChI=1S/C21H21N5O2/c22-18-11-19(26-21(27)25-12-15-7-3-1-4-8-15)24-13-17(18)20(23)28-14-16-9-5-2-6-10-16/h1-11,13,23H,12,14H2,(H4,22,24,25,26,27). The van der Waals surface area contributed by atoms with Crippen molar-refractivity contribution in [3.8, 4) is 0 Å². The van der Waals surface area contributed by atoms with E-state index in [0.717, 1.165) is 11.1 Å². The minimum absolute atomic E-state index is 0.0751. The van der Waals surface area contributed by atoms with Crippen LogP contribution in [-0.4, -0.2) is 16.9 Å². The molecule has 3 aromatic rings. The number of hydrogen-bond acceptors (Lipinski definition) is 5. The number of amides is 2. The Morgan fingerprint density at radius 2 is 1.68 bits per heavy atom. The average molecular weight is 375 g/mol. The maximum absolute atomic E-state index is 12.0. The molecule has 0 aliphatic rings. The van der Waals surface area contributed by atoms with Crippen molar-refractivity contribution >= 4 is 23.4 Å². The lowest BCUT2D eigenvalue weighted by molar-refractivity contribution is 0.251. The van der Waals surface area contributed by atoms with Gasteiger partial charge in [-0.25, -0.2) is 9.78 Å². The van der Waals surface area contributed by atoms with E-state index in [4.69, 9.17) is 15.9 Å². The van der Waals surface area contributed by atoms with Crippen LogP contribution in [-0.2, 0) is 17.9 Å². The van der Waals surface area contributed by atoms with Crippen LogP contribution in [0.2, 0.25) is 0 Å². The van der Waals surface area contributed by atoms with Gasteiger partial charge in [0.25, 0.3) is 0 Å². The van der Waals surface area contributed by atoms with E-state index in [9.17, 15) is 4.79 Å². The number of nitrogen functional groups attached to an aromatic ring is 1. The third kappa shape index (κ3) is 5.31. The van der Waals surface area contributed by atoms with Crippen LogP contribution in [0.4, 0.5) is 16.3 Å². The van der Waals surface area contributed by atoms with E-state index in [-0.39, 0.29) is 18.5 Å². The second-order valence-electron chi connectivity index (χ2n) is 6.05. The molecule has 2 amide bonds. The van der Waals surface area contributed by atoms with Gasteiger partial charge in [-0.15, -0.1) is 0 Å². The van der Waals surface area contributed by atoms with Crippen LogP contribution in [0.25, 0.3) is 0 Å². The van der Waals surface area contributed by atoms with Gasteiger partial charge >= 0.3 is 6.03 Å². The van der Waals surface area contributed by atoms with Gasteiger partial charge in [0, 0.05) is 24.5 Å². The fraction of sp³-hybridized carbons (Fsp3) is 0.0952. The van der Waals surface area contributed by atoms with Crippen molar-refractivity contribution in [1.82, 2.24) is 10.3 Å². The highest BCUT2D eigenvalue weighted by Gasteiger charge is 2.11. The minimum Gasteiger partial charge on any atom is -0.473 e. The number of carbonyl (C=O) groups is 1. The molecular formula is C21H21N5O2. The molecule has 7 heteroatoms. The lowest BCUT2D eigenvalue weighted by Crippen LogP contribution is -2.28. The van der Waals surface area contributed by atoms with Gasteiger partial charge in [-0.3, -0.25) is 10.7 Å². The number of nitrogens with zero attached hydrogens (tertiary/aromatic N) is 1. The van der Waals surface area contributed by atoms with E-state index in [2.05, 4.69) is 15.6 Å². The van der Waals surface area contributed by atoms with Crippen molar-refractivity contribution in [2.24, 2.45) is 0 Å². The van der Waals surface area contributed by atoms with E-state index in [0.29, 0.717) is 23.6 Å². The van der Waals surface area contributed by atoms with Crippen molar-refractivity contribution in [2.45, 2.75) is 13.2 Å². The molecule has 7 nitrogen and oxygen atoms in total. The summed E-state index contributed by atoms with van der Waals surface area (Å²) in [5, 5.41) is 13.4. The molecule has 0 saturated heterocycles. The number of aromatic nitrogens is 1. The highest BCUT2D eigenvalue weighted by atomic mass is 16.5. The number of urea groups is 1. The van der Waals surface area contributed by atoms with E-state index in [1.807, 2.05) is 60.7 Å². The maximum atomic E-state index is 12.0. The molecule has 142 valence electrons. The predicted molar refractivity (Wildman–Crippen MR) is 109 cm³/mol. The molecule has 0 atom stereocenters. The molecule has 3 rings (SSSR count). The number of ether oxygens (including phenoxy) is 1. The summed E-state index contributed by atoms with van der Waals surface area (Å²) in [5.74, 6) is 0.219. The van der Waals surface area contributed by atoms with Gasteiger partial charge in [0.15, 0.2) is 0 Å². The molecule has 5 N–H and O–H groups in total. The summed E-state index contributed by atoms with van der Waals surface area (Å²) in [4.78, 5) is 16.1. The summed E-state index contributed by atoms with van der Waals surface area (Å²) in [7, 11) is 0. The highest BCUT2D eigenvalue weighted by molar-refractivity contribution is 5.97. The van der Waals surface area contributed by atoms with E-state index in [1.54, 1.807) is 0 Å². The second-order valence-corrected chi connectivity index (χ2v) is 6.05. The summed E-state index contributed by atoms with van der Waals surface area (Å²) >= 11 is 0. The van der Waals surface area contributed by atoms with Gasteiger partial charge in [-0.2, -0.15) is 0 Å². The molecule has 0 bridgehead atoms. The number of hydrogen-bond donors (Lipinski definition) is 4. The van der Waals surface area contributed by atoms with Crippen molar-refractivity contribution in [1.29, 1.82) is 5.41 Å². The average Bonchev–Trinajstić information content (AvgIpc) is 2.72. The zero-order valence-electron chi connectivity index (χ0n) is 15.2. The van der Waals surface area contributed by atoms with Crippen LogP contribution >= 0.6 is 0 Å². The number of nitrogens with two attached hydrogens (primary N) is 1. The molecule has 0 fully saturated rings. The number of anilines is 2. The van der Waals surface area contributed by atoms with E-state index >= 15 is 0 Å². The first-order valence-electron chi connectivity index (χ1n) is 8.72. The van der Waals surface area contributed by atoms with Gasteiger partial charge < -0.3 is 15.8 Å². The summed E-state index contributed by atoms with van der Waals surface area (Å²) in [5.41, 5.74) is 8.61. The Kier molecular flexibility index (Phi) is 6.20. The fourth-order valence-electron chi connectivity index (χ4n) is 2.48. The molecule has 0 unspecified atom stereocenters. The summed E-state index contributed by atoms with van der Waals surface area (Å²) in [6, 6.07) is 20.2. The second kappa shape index (κ2) is 9.18. The first-order chi connectivity index (χ1) is 13.6. The number of nitrogens with one attached hydrogen (secondary N) is 3. The third-order valence-electron chi connectivity index (χ3n) is 3.94. The summed E-state index contributed by atoms with van der Waals surface area (Å²) in [6.45, 7) is 0.666. The SMILES string of the molecule is N=C(OCc1ccccc1)c1cnc(NC(=O)NCc2ccccc2)cc1N. The first-order valence-corrected chi connectivity index (χ1v) is 8.72. The van der Waals surface area contributed by atoms with Crippen LogP contribution in [0.15, 0.2) is 72.9 Å². The minimum atomic E-state index is -0.390. The Morgan fingerprint density at radius 3 is 2.32 bits per heavy atom. The Hall–Kier alpha value is -3.87. The Bertz CT molecular complexity index is 946. The monoisotopic (exact) mass is 375 g/mol. The molecule has 28 heavy (non-hydrogen) atoms. The van der Waals surface area contributed by atoms with Gasteiger partial charge in [-0.1, -0.05) is 60.7 Å². The highest BCUT2D eigenvalue weighted by Crippen LogP contribution is 2.17. The van der Waals surface area contributed by atoms with Crippen molar-refractivity contribution < 1.29 is 9.53 Å². The molecule has 0 saturated carbocycles. The quantitative estimate of drug-likeness (QED) is 0.390. The Labute approximate surface area is 163 Å². The van der Waals surface area contributed by atoms with Crippen LogP contribution < -0.4 is 16.4 Å². The predicted octanol–water partition coefficient (Wildman–Crippen LogP) is 3.53. The third-order valence-corrected chi connectivity index (χ3v) is 3.94. The molecule has 0 radical (unpaired) electrons. The number of pyridine rings is 1. The normalized spacial score (nSPS) is 10.1. The lowest BCUT2D eigenvalue weighted by Gasteiger charge is -2.11. The van der Waals surface area contributed by atoms with Gasteiger partial charge in [-0.05, 0) is 11.1 Å². The zero-order valence-corrected chi connectivity index (χ0v) is 15.2. The lowest BCUT2D eigenvalue weighted by atomic mass is 10.2. The molecule has 2 aromatic carbocycles. The van der Waals surface area contributed by atoms with Gasteiger partial charge in [0.2, 0.25) is 5.90 Å². The van der Waals surface area contributed by atoms with Crippen molar-refractivity contribution in [3.63, 3.8) is 0 Å². The van der Waals surface area contributed by atoms with E-state index < -0.39 is 0 Å². The van der Waals surface area contributed by atoms with Gasteiger partial charge in [0.1, 0.15) is 12.4 Å². The van der Waals surface area contributed by atoms with Crippen LogP contribution in [0.5, 0.6) is 0 Å². The summed E-state index contributed by atoms with van der Waals surface area (Å²) in [6.07, 6.45) is 1.41. The largest absolute Gasteiger partial charge is 0.473 e. The van der Waals surface area contributed by atoms with Crippen molar-refractivity contribution in [3.05, 3.63) is 89.6 Å². The molecule has 0 spiro atoms. The molecule has 1 aromatic heterocycles. The van der Waals surface area contributed by atoms with E-state index in [1.165, 1.54) is 12.3 Å². The molecule has 1 heterocycles. The Balaban J connectivity index is 1.54. The van der Waals surface area contributed by atoms with Crippen LogP contribution in [0.1, 0.15) is 16.7 Å². The molecule has 0 aliphatic carbocycles. The zero-order chi connectivity index (χ0) is 19.8. The Morgan fingerprint density at radius 1 is 1.04 bits per heavy atom. The topological polar surface area (TPSA) is 113 Å². The molecule has 0 aliphatic heterocycles. The summed E-state index contributed by atoms with van der Waals surface area (Å²) < 4.78 is 5.47. The van der Waals surface area contributed by atoms with Crippen LogP contribution in [0, 0.1) is 5.41 Å². The number of benzene rings is 2. The number of carbonyl (C=O) groups excluding carboxylic acids is 1. The van der Waals surface area contributed by atoms with Crippen LogP contribution in [0.3, 0.4) is 0 Å². The number of rotatable bonds is 6. The smallest absolute Gasteiger partial charge is 0.320 e. The fourth-order valence-corrected chi connectivity index (χ4v) is 2.48. The molecular weight excluding hydrogens is 354 g/mol. The van der Waals surface area contributed by atoms with Crippen molar-refractivity contribution in [2.75, 3.05) is 11.1 Å². The maximum Gasteiger partial charge on any atom is 0.320 e. The van der Waals surface area contributed by atoms with Gasteiger partial charge in [0.05, 0.1) is 5.56 Å².